The van der Waals surface area contributed by atoms with E-state index in [4.69, 9.17) is 9.47 Å². The molecule has 0 aliphatic heterocycles. The van der Waals surface area contributed by atoms with E-state index < -0.39 is 5.25 Å². The molecule has 1 heterocycles. The van der Waals surface area contributed by atoms with Gasteiger partial charge in [0.25, 0.3) is 5.56 Å². The van der Waals surface area contributed by atoms with Gasteiger partial charge in [-0.25, -0.2) is 4.98 Å². The lowest BCUT2D eigenvalue weighted by molar-refractivity contribution is -0.115. The Morgan fingerprint density at radius 1 is 1.13 bits per heavy atom. The minimum atomic E-state index is -0.476. The highest BCUT2D eigenvalue weighted by Gasteiger charge is 2.18. The Bertz CT molecular complexity index is 1120. The highest BCUT2D eigenvalue weighted by atomic mass is 32.2. The molecule has 0 fully saturated rings. The number of thioether (sulfide) groups is 1. The fourth-order valence-electron chi connectivity index (χ4n) is 3.03. The number of hydrogen-bond acceptors (Lipinski definition) is 6. The van der Waals surface area contributed by atoms with Crippen molar-refractivity contribution in [3.05, 3.63) is 75.7 Å². The monoisotopic (exact) mass is 439 g/mol. The van der Waals surface area contributed by atoms with Crippen molar-refractivity contribution in [3.8, 4) is 11.5 Å². The van der Waals surface area contributed by atoms with E-state index >= 15 is 0 Å². The minimum Gasteiger partial charge on any atom is -0.493 e. The summed E-state index contributed by atoms with van der Waals surface area (Å²) in [4.78, 5) is 32.5. The van der Waals surface area contributed by atoms with E-state index in [9.17, 15) is 9.59 Å². The van der Waals surface area contributed by atoms with Gasteiger partial charge in [0.2, 0.25) is 5.91 Å². The summed E-state index contributed by atoms with van der Waals surface area (Å²) in [5.74, 6) is 0.887. The third kappa shape index (κ3) is 5.67. The number of nitrogens with one attached hydrogen (secondary N) is 2. The van der Waals surface area contributed by atoms with E-state index in [1.165, 1.54) is 18.9 Å². The van der Waals surface area contributed by atoms with Crippen LogP contribution in [0, 0.1) is 6.92 Å². The first-order valence-corrected chi connectivity index (χ1v) is 10.6. The van der Waals surface area contributed by atoms with E-state index in [0.29, 0.717) is 40.0 Å². The number of ether oxygens (including phenoxy) is 2. The summed E-state index contributed by atoms with van der Waals surface area (Å²) >= 11 is 1.20. The molecule has 1 unspecified atom stereocenters. The second kappa shape index (κ2) is 10.2. The molecule has 0 saturated heterocycles. The average molecular weight is 440 g/mol. The first-order chi connectivity index (χ1) is 14.9. The summed E-state index contributed by atoms with van der Waals surface area (Å²) in [6, 6.07) is 14.9. The van der Waals surface area contributed by atoms with Crippen molar-refractivity contribution in [1.82, 2.24) is 9.97 Å². The van der Waals surface area contributed by atoms with E-state index in [1.54, 1.807) is 32.2 Å². The van der Waals surface area contributed by atoms with Crippen molar-refractivity contribution in [1.29, 1.82) is 0 Å². The molecule has 2 N–H and O–H groups in total. The minimum absolute atomic E-state index is 0.189. The van der Waals surface area contributed by atoms with E-state index in [0.717, 1.165) is 5.56 Å². The van der Waals surface area contributed by atoms with Crippen LogP contribution in [0.15, 0.2) is 58.5 Å². The number of nitrogens with zero attached hydrogens (tertiary/aromatic N) is 1. The number of amides is 1. The van der Waals surface area contributed by atoms with Crippen LogP contribution in [0.5, 0.6) is 11.5 Å². The smallest absolute Gasteiger partial charge is 0.255 e. The Labute approximate surface area is 185 Å². The summed E-state index contributed by atoms with van der Waals surface area (Å²) < 4.78 is 10.5. The number of aryl methyl sites for hydroxylation is 1. The Morgan fingerprint density at radius 3 is 2.48 bits per heavy atom. The van der Waals surface area contributed by atoms with Gasteiger partial charge in [-0.1, -0.05) is 42.1 Å². The molecule has 0 radical (unpaired) electrons. The lowest BCUT2D eigenvalue weighted by Crippen LogP contribution is -2.24. The lowest BCUT2D eigenvalue weighted by Gasteiger charge is -2.14. The van der Waals surface area contributed by atoms with Crippen molar-refractivity contribution in [3.63, 3.8) is 0 Å². The van der Waals surface area contributed by atoms with Crippen molar-refractivity contribution in [2.24, 2.45) is 0 Å². The van der Waals surface area contributed by atoms with Gasteiger partial charge < -0.3 is 19.8 Å². The topological polar surface area (TPSA) is 93.3 Å². The number of H-pyrrole nitrogens is 1. The van der Waals surface area contributed by atoms with Crippen molar-refractivity contribution in [2.75, 3.05) is 19.5 Å². The number of benzene rings is 2. The molecule has 162 valence electrons. The van der Waals surface area contributed by atoms with Crippen LogP contribution in [-0.2, 0) is 11.2 Å². The van der Waals surface area contributed by atoms with Crippen LogP contribution in [0.4, 0.5) is 5.69 Å². The number of carbonyl (C=O) groups excluding carboxylic acids is 1. The molecule has 3 rings (SSSR count). The number of aromatic amines is 1. The summed E-state index contributed by atoms with van der Waals surface area (Å²) in [5.41, 5.74) is 2.72. The second-order valence-electron chi connectivity index (χ2n) is 6.92. The molecule has 31 heavy (non-hydrogen) atoms. The molecule has 0 spiro atoms. The number of aromatic nitrogens is 2. The van der Waals surface area contributed by atoms with Gasteiger partial charge in [0.05, 0.1) is 19.5 Å². The van der Waals surface area contributed by atoms with Gasteiger partial charge in [-0.3, -0.25) is 9.59 Å². The molecule has 3 aromatic rings. The first-order valence-electron chi connectivity index (χ1n) is 9.74. The van der Waals surface area contributed by atoms with Crippen molar-refractivity contribution >= 4 is 23.4 Å². The maximum Gasteiger partial charge on any atom is 0.255 e. The molecule has 8 heteroatoms. The fourth-order valence-corrected chi connectivity index (χ4v) is 3.87. The Balaban J connectivity index is 1.69. The fraction of sp³-hybridized carbons (Fsp3) is 0.261. The molecular weight excluding hydrogens is 414 g/mol. The van der Waals surface area contributed by atoms with Crippen LogP contribution >= 0.6 is 11.8 Å². The molecule has 2 aromatic carbocycles. The van der Waals surface area contributed by atoms with Gasteiger partial charge in [-0.2, -0.15) is 0 Å². The van der Waals surface area contributed by atoms with Crippen LogP contribution in [0.25, 0.3) is 0 Å². The normalized spacial score (nSPS) is 11.6. The summed E-state index contributed by atoms with van der Waals surface area (Å²) in [5, 5.41) is 2.78. The number of carbonyl (C=O) groups is 1. The quantitative estimate of drug-likeness (QED) is 0.410. The molecule has 7 nitrogen and oxygen atoms in total. The van der Waals surface area contributed by atoms with E-state index in [2.05, 4.69) is 15.3 Å². The molecule has 0 bridgehead atoms. The predicted octanol–water partition coefficient (Wildman–Crippen LogP) is 3.81. The molecule has 1 aromatic heterocycles. The van der Waals surface area contributed by atoms with Crippen LogP contribution in [0.1, 0.15) is 23.7 Å². The summed E-state index contributed by atoms with van der Waals surface area (Å²) in [6.45, 7) is 3.57. The highest BCUT2D eigenvalue weighted by molar-refractivity contribution is 8.00. The average Bonchev–Trinajstić information content (AvgIpc) is 2.76. The van der Waals surface area contributed by atoms with E-state index in [-0.39, 0.29) is 11.5 Å². The Morgan fingerprint density at radius 2 is 1.84 bits per heavy atom. The largest absolute Gasteiger partial charge is 0.493 e. The van der Waals surface area contributed by atoms with Crippen LogP contribution in [-0.4, -0.2) is 35.3 Å². The van der Waals surface area contributed by atoms with Gasteiger partial charge in [0.15, 0.2) is 16.7 Å². The van der Waals surface area contributed by atoms with Gasteiger partial charge in [0.1, 0.15) is 0 Å². The van der Waals surface area contributed by atoms with Gasteiger partial charge >= 0.3 is 0 Å². The number of methoxy groups -OCH3 is 2. The van der Waals surface area contributed by atoms with Crippen molar-refractivity contribution in [2.45, 2.75) is 30.7 Å². The third-order valence-corrected chi connectivity index (χ3v) is 5.72. The Kier molecular flexibility index (Phi) is 7.36. The SMILES string of the molecule is COc1ccc(NC(=O)C(C)Sc2nc(C)c(Cc3ccccc3)c(=O)[nH]2)cc1OC. The van der Waals surface area contributed by atoms with Crippen molar-refractivity contribution < 1.29 is 14.3 Å². The van der Waals surface area contributed by atoms with Gasteiger partial charge in [0, 0.05) is 29.4 Å². The standard InChI is InChI=1S/C23H25N3O4S/c1-14-18(12-16-8-6-5-7-9-16)22(28)26-23(24-14)31-15(2)21(27)25-17-10-11-19(29-3)20(13-17)30-4/h5-11,13,15H,12H2,1-4H3,(H,25,27)(H,24,26,28). The summed E-state index contributed by atoms with van der Waals surface area (Å²) in [6.07, 6.45) is 0.509. The van der Waals surface area contributed by atoms with Crippen LogP contribution < -0.4 is 20.3 Å². The molecule has 1 atom stereocenters. The molecule has 1 amide bonds. The first kappa shape index (κ1) is 22.4. The lowest BCUT2D eigenvalue weighted by atomic mass is 10.1. The molecule has 0 saturated carbocycles. The second-order valence-corrected chi connectivity index (χ2v) is 8.25. The predicted molar refractivity (Wildman–Crippen MR) is 122 cm³/mol. The van der Waals surface area contributed by atoms with Gasteiger partial charge in [-0.15, -0.1) is 0 Å². The highest BCUT2D eigenvalue weighted by Crippen LogP contribution is 2.30. The number of rotatable bonds is 8. The third-order valence-electron chi connectivity index (χ3n) is 4.73. The van der Waals surface area contributed by atoms with Crippen LogP contribution in [0.2, 0.25) is 0 Å². The zero-order chi connectivity index (χ0) is 22.4. The molecular formula is C23H25N3O4S. The molecule has 0 aliphatic rings. The molecule has 0 aliphatic carbocycles. The Hall–Kier alpha value is -3.26. The summed E-state index contributed by atoms with van der Waals surface area (Å²) in [7, 11) is 3.09. The number of hydrogen-bond donors (Lipinski definition) is 2. The maximum absolute atomic E-state index is 12.6. The number of anilines is 1. The maximum atomic E-state index is 12.6. The van der Waals surface area contributed by atoms with E-state index in [1.807, 2.05) is 37.3 Å². The zero-order valence-electron chi connectivity index (χ0n) is 17.9. The zero-order valence-corrected chi connectivity index (χ0v) is 18.7. The van der Waals surface area contributed by atoms with Crippen LogP contribution in [0.3, 0.4) is 0 Å². The van der Waals surface area contributed by atoms with Gasteiger partial charge in [-0.05, 0) is 31.5 Å².